The van der Waals surface area contributed by atoms with Gasteiger partial charge < -0.3 is 30.8 Å². The number of rotatable bonds is 9. The van der Waals surface area contributed by atoms with Crippen LogP contribution in [0.15, 0.2) is 52.1 Å². The molecule has 0 saturated carbocycles. The minimum Gasteiger partial charge on any atom is -0.507 e. The van der Waals surface area contributed by atoms with Gasteiger partial charge in [-0.2, -0.15) is 0 Å². The van der Waals surface area contributed by atoms with Crippen molar-refractivity contribution in [3.05, 3.63) is 58.1 Å². The molecule has 0 unspecified atom stereocenters. The molecule has 0 fully saturated rings. The molecule has 0 saturated heterocycles. The SMILES string of the molecule is C/C(=N\OCC(=O)N[C@H](C(=O)O)[C@@H](C)O)c1ccc(NC(=O)c2cc(Br)ccc2O)cc1. The molecule has 0 aromatic heterocycles. The Bertz CT molecular complexity index is 1020. The first kappa shape index (κ1) is 24.8. The Kier molecular flexibility index (Phi) is 8.73. The van der Waals surface area contributed by atoms with Crippen LogP contribution in [0.25, 0.3) is 0 Å². The molecule has 170 valence electrons. The number of halogens is 1. The summed E-state index contributed by atoms with van der Waals surface area (Å²) < 4.78 is 0.653. The zero-order valence-corrected chi connectivity index (χ0v) is 18.8. The van der Waals surface area contributed by atoms with Gasteiger partial charge in [0.2, 0.25) is 0 Å². The van der Waals surface area contributed by atoms with E-state index in [1.807, 2.05) is 0 Å². The van der Waals surface area contributed by atoms with E-state index in [-0.39, 0.29) is 11.3 Å². The molecular weight excluding hydrogens is 486 g/mol. The number of amides is 2. The first-order chi connectivity index (χ1) is 15.1. The largest absolute Gasteiger partial charge is 0.507 e. The lowest BCUT2D eigenvalue weighted by molar-refractivity contribution is -0.145. The fraction of sp³-hybridized carbons (Fsp3) is 0.238. The third-order valence-electron chi connectivity index (χ3n) is 4.23. The molecule has 10 nitrogen and oxygen atoms in total. The van der Waals surface area contributed by atoms with Gasteiger partial charge >= 0.3 is 5.97 Å². The van der Waals surface area contributed by atoms with Crippen LogP contribution in [0, 0.1) is 0 Å². The highest BCUT2D eigenvalue weighted by Crippen LogP contribution is 2.23. The van der Waals surface area contributed by atoms with Crippen molar-refractivity contribution in [3.8, 4) is 5.75 Å². The van der Waals surface area contributed by atoms with E-state index in [2.05, 4.69) is 31.7 Å². The molecule has 2 aromatic carbocycles. The summed E-state index contributed by atoms with van der Waals surface area (Å²) in [6, 6.07) is 9.70. The Morgan fingerprint density at radius 2 is 1.81 bits per heavy atom. The van der Waals surface area contributed by atoms with E-state index in [0.717, 1.165) is 0 Å². The van der Waals surface area contributed by atoms with Gasteiger partial charge in [0.05, 0.1) is 17.4 Å². The summed E-state index contributed by atoms with van der Waals surface area (Å²) in [5, 5.41) is 36.8. The van der Waals surface area contributed by atoms with E-state index >= 15 is 0 Å². The topological polar surface area (TPSA) is 158 Å². The lowest BCUT2D eigenvalue weighted by Gasteiger charge is -2.16. The van der Waals surface area contributed by atoms with Crippen LogP contribution in [0.3, 0.4) is 0 Å². The number of aliphatic hydroxyl groups is 1. The number of benzene rings is 2. The molecule has 32 heavy (non-hydrogen) atoms. The second-order valence-corrected chi connectivity index (χ2v) is 7.68. The number of carboxylic acids is 1. The highest BCUT2D eigenvalue weighted by molar-refractivity contribution is 9.10. The first-order valence-electron chi connectivity index (χ1n) is 9.35. The molecule has 5 N–H and O–H groups in total. The van der Waals surface area contributed by atoms with Gasteiger partial charge in [-0.25, -0.2) is 4.79 Å². The van der Waals surface area contributed by atoms with E-state index in [0.29, 0.717) is 21.4 Å². The van der Waals surface area contributed by atoms with E-state index in [1.54, 1.807) is 37.3 Å². The van der Waals surface area contributed by atoms with Crippen LogP contribution in [0.1, 0.15) is 29.8 Å². The number of phenols is 1. The number of hydrogen-bond acceptors (Lipinski definition) is 7. The summed E-state index contributed by atoms with van der Waals surface area (Å²) in [6.07, 6.45) is -1.27. The summed E-state index contributed by atoms with van der Waals surface area (Å²) in [6.45, 7) is 2.36. The number of carbonyl (C=O) groups is 3. The molecule has 2 atom stereocenters. The maximum absolute atomic E-state index is 12.3. The molecular formula is C21H22BrN3O7. The summed E-state index contributed by atoms with van der Waals surface area (Å²) >= 11 is 3.25. The van der Waals surface area contributed by atoms with E-state index in [1.165, 1.54) is 19.1 Å². The summed E-state index contributed by atoms with van der Waals surface area (Å²) in [5.41, 5.74) is 1.70. The van der Waals surface area contributed by atoms with Crippen LogP contribution in [-0.4, -0.2) is 57.6 Å². The Balaban J connectivity index is 1.93. The number of hydrogen-bond donors (Lipinski definition) is 5. The molecule has 2 amide bonds. The molecule has 2 rings (SSSR count). The highest BCUT2D eigenvalue weighted by Gasteiger charge is 2.25. The van der Waals surface area contributed by atoms with Crippen LogP contribution in [0.4, 0.5) is 5.69 Å². The predicted octanol–water partition coefficient (Wildman–Crippen LogP) is 2.10. The van der Waals surface area contributed by atoms with Crippen LogP contribution in [0.5, 0.6) is 5.75 Å². The second-order valence-electron chi connectivity index (χ2n) is 6.77. The average molecular weight is 508 g/mol. The number of oxime groups is 1. The number of carboxylic acid groups (broad SMARTS) is 1. The van der Waals surface area contributed by atoms with Crippen LogP contribution >= 0.6 is 15.9 Å². The molecule has 0 aliphatic heterocycles. The second kappa shape index (κ2) is 11.3. The number of aliphatic hydroxyl groups excluding tert-OH is 1. The number of carbonyl (C=O) groups excluding carboxylic acids is 2. The van der Waals surface area contributed by atoms with Crippen molar-refractivity contribution in [1.82, 2.24) is 5.32 Å². The number of anilines is 1. The van der Waals surface area contributed by atoms with E-state index in [9.17, 15) is 24.6 Å². The van der Waals surface area contributed by atoms with Gasteiger partial charge in [-0.05, 0) is 49.7 Å². The van der Waals surface area contributed by atoms with Gasteiger partial charge in [-0.15, -0.1) is 0 Å². The predicted molar refractivity (Wildman–Crippen MR) is 120 cm³/mol. The molecule has 0 radical (unpaired) electrons. The highest BCUT2D eigenvalue weighted by atomic mass is 79.9. The third kappa shape index (κ3) is 7.06. The number of aromatic hydroxyl groups is 1. The number of phenolic OH excluding ortho intramolecular Hbond substituents is 1. The zero-order chi connectivity index (χ0) is 23.8. The normalized spacial score (nSPS) is 13.1. The smallest absolute Gasteiger partial charge is 0.328 e. The van der Waals surface area contributed by atoms with Gasteiger partial charge in [0.25, 0.3) is 11.8 Å². The monoisotopic (exact) mass is 507 g/mol. The molecule has 0 spiro atoms. The first-order valence-corrected chi connectivity index (χ1v) is 10.1. The molecule has 2 aromatic rings. The van der Waals surface area contributed by atoms with E-state index in [4.69, 9.17) is 9.94 Å². The number of nitrogens with zero attached hydrogens (tertiary/aromatic N) is 1. The maximum atomic E-state index is 12.3. The van der Waals surface area contributed by atoms with Gasteiger partial charge in [0, 0.05) is 10.2 Å². The summed E-state index contributed by atoms with van der Waals surface area (Å²) in [5.74, 6) is -2.73. The molecule has 0 aliphatic carbocycles. The summed E-state index contributed by atoms with van der Waals surface area (Å²) in [4.78, 5) is 40.0. The van der Waals surface area contributed by atoms with Crippen LogP contribution in [0.2, 0.25) is 0 Å². The van der Waals surface area contributed by atoms with Gasteiger partial charge in [-0.3, -0.25) is 9.59 Å². The Hall–Kier alpha value is -3.44. The minimum absolute atomic E-state index is 0.119. The Labute approximate surface area is 192 Å². The molecule has 11 heteroatoms. The van der Waals surface area contributed by atoms with Crippen molar-refractivity contribution in [2.45, 2.75) is 26.0 Å². The summed E-state index contributed by atoms with van der Waals surface area (Å²) in [7, 11) is 0. The van der Waals surface area contributed by atoms with Crippen molar-refractivity contribution in [2.24, 2.45) is 5.16 Å². The maximum Gasteiger partial charge on any atom is 0.328 e. The molecule has 0 bridgehead atoms. The lowest BCUT2D eigenvalue weighted by Crippen LogP contribution is -2.48. The molecule has 0 aliphatic rings. The van der Waals surface area contributed by atoms with Crippen molar-refractivity contribution in [1.29, 1.82) is 0 Å². The fourth-order valence-electron chi connectivity index (χ4n) is 2.53. The van der Waals surface area contributed by atoms with Crippen molar-refractivity contribution in [3.63, 3.8) is 0 Å². The fourth-order valence-corrected chi connectivity index (χ4v) is 2.89. The number of nitrogens with one attached hydrogen (secondary N) is 2. The van der Waals surface area contributed by atoms with Gasteiger partial charge in [-0.1, -0.05) is 33.2 Å². The Morgan fingerprint density at radius 3 is 2.41 bits per heavy atom. The van der Waals surface area contributed by atoms with Crippen LogP contribution < -0.4 is 10.6 Å². The quantitative estimate of drug-likeness (QED) is 0.256. The lowest BCUT2D eigenvalue weighted by atomic mass is 10.1. The minimum atomic E-state index is -1.45. The van der Waals surface area contributed by atoms with Crippen LogP contribution in [-0.2, 0) is 14.4 Å². The molecule has 0 heterocycles. The van der Waals surface area contributed by atoms with Crippen molar-refractivity contribution >= 4 is 45.1 Å². The average Bonchev–Trinajstić information content (AvgIpc) is 2.73. The standard InChI is InChI=1S/C21H22BrN3O7/c1-11(25-32-10-18(28)24-19(12(2)26)21(30)31)13-3-6-15(7-4-13)23-20(29)16-9-14(22)5-8-17(16)27/h3-9,12,19,26-27H,10H2,1-2H3,(H,23,29)(H,24,28)(H,30,31)/b25-11+/t12-,19+/m1/s1. The van der Waals surface area contributed by atoms with Gasteiger partial charge in [0.15, 0.2) is 12.6 Å². The van der Waals surface area contributed by atoms with E-state index < -0.39 is 36.5 Å². The van der Waals surface area contributed by atoms with Gasteiger partial charge in [0.1, 0.15) is 5.75 Å². The number of aliphatic carboxylic acids is 1. The third-order valence-corrected chi connectivity index (χ3v) is 4.72. The van der Waals surface area contributed by atoms with Crippen molar-refractivity contribution in [2.75, 3.05) is 11.9 Å². The van der Waals surface area contributed by atoms with Crippen molar-refractivity contribution < 1.29 is 34.5 Å². The zero-order valence-electron chi connectivity index (χ0n) is 17.2. The Morgan fingerprint density at radius 1 is 1.16 bits per heavy atom.